The van der Waals surface area contributed by atoms with Crippen LogP contribution in [0.5, 0.6) is 5.75 Å². The highest BCUT2D eigenvalue weighted by Crippen LogP contribution is 2.21. The Morgan fingerprint density at radius 1 is 1.06 bits per heavy atom. The predicted octanol–water partition coefficient (Wildman–Crippen LogP) is 3.32. The van der Waals surface area contributed by atoms with E-state index in [0.29, 0.717) is 44.2 Å². The fraction of sp³-hybridized carbons (Fsp3) is 0.227. The zero-order valence-corrected chi connectivity index (χ0v) is 17.3. The summed E-state index contributed by atoms with van der Waals surface area (Å²) in [7, 11) is 0. The molecule has 0 atom stereocenters. The minimum Gasteiger partial charge on any atom is -0.487 e. The van der Waals surface area contributed by atoms with Gasteiger partial charge < -0.3 is 30.0 Å². The van der Waals surface area contributed by atoms with Gasteiger partial charge in [-0.2, -0.15) is 0 Å². The van der Waals surface area contributed by atoms with Gasteiger partial charge in [-0.05, 0) is 40.2 Å². The number of piperazine rings is 1. The van der Waals surface area contributed by atoms with E-state index in [2.05, 4.69) is 15.3 Å². The van der Waals surface area contributed by atoms with Crippen LogP contribution >= 0.6 is 0 Å². The first-order valence-corrected chi connectivity index (χ1v) is 10.1. The number of anilines is 2. The fourth-order valence-corrected chi connectivity index (χ4v) is 3.35. The summed E-state index contributed by atoms with van der Waals surface area (Å²) in [6.07, 6.45) is 3.21. The molecule has 1 aliphatic rings. The topological polar surface area (TPSA) is 114 Å². The second-order valence-electron chi connectivity index (χ2n) is 7.17. The molecule has 3 heterocycles. The van der Waals surface area contributed by atoms with Crippen molar-refractivity contribution in [3.63, 3.8) is 0 Å². The van der Waals surface area contributed by atoms with Gasteiger partial charge in [-0.15, -0.1) is 0 Å². The highest BCUT2D eigenvalue weighted by molar-refractivity contribution is 5.89. The molecule has 0 unspecified atom stereocenters. The lowest BCUT2D eigenvalue weighted by molar-refractivity contribution is -0.389. The standard InChI is InChI=1S/C22H22N6O4/c29-22(25-17-5-3-6-20(14-17)32-16-18-4-1-2-9-23-18)27-12-10-26(11-13-27)19-7-8-21(24-15-19)28(30)31/h1-9,14-15H,10-13,16H2,(H,25,29). The number of hydrogen-bond donors (Lipinski definition) is 1. The summed E-state index contributed by atoms with van der Waals surface area (Å²) in [5.74, 6) is 0.460. The maximum atomic E-state index is 12.7. The summed E-state index contributed by atoms with van der Waals surface area (Å²) < 4.78 is 5.76. The number of hydrogen-bond acceptors (Lipinski definition) is 7. The van der Waals surface area contributed by atoms with Crippen LogP contribution in [0.1, 0.15) is 5.69 Å². The zero-order valence-electron chi connectivity index (χ0n) is 17.3. The van der Waals surface area contributed by atoms with Crippen LogP contribution in [0, 0.1) is 10.1 Å². The number of amides is 2. The minimum absolute atomic E-state index is 0.182. The second-order valence-corrected chi connectivity index (χ2v) is 7.17. The van der Waals surface area contributed by atoms with E-state index in [4.69, 9.17) is 4.74 Å². The van der Waals surface area contributed by atoms with E-state index < -0.39 is 4.92 Å². The molecule has 3 aromatic rings. The molecule has 4 rings (SSSR count). The first-order chi connectivity index (χ1) is 15.6. The Labute approximate surface area is 184 Å². The van der Waals surface area contributed by atoms with Crippen LogP contribution in [0.3, 0.4) is 0 Å². The third-order valence-electron chi connectivity index (χ3n) is 5.05. The summed E-state index contributed by atoms with van der Waals surface area (Å²) in [5, 5.41) is 13.7. The number of nitrogens with zero attached hydrogens (tertiary/aromatic N) is 5. The molecule has 10 nitrogen and oxygen atoms in total. The predicted molar refractivity (Wildman–Crippen MR) is 119 cm³/mol. The van der Waals surface area contributed by atoms with Gasteiger partial charge in [-0.25, -0.2) is 4.79 Å². The molecule has 2 aromatic heterocycles. The lowest BCUT2D eigenvalue weighted by Crippen LogP contribution is -2.50. The van der Waals surface area contributed by atoms with Crippen molar-refractivity contribution in [1.82, 2.24) is 14.9 Å². The highest BCUT2D eigenvalue weighted by atomic mass is 16.6. The van der Waals surface area contributed by atoms with Crippen LogP contribution < -0.4 is 15.0 Å². The summed E-state index contributed by atoms with van der Waals surface area (Å²) in [6.45, 7) is 2.62. The van der Waals surface area contributed by atoms with E-state index in [0.717, 1.165) is 11.4 Å². The van der Waals surface area contributed by atoms with E-state index in [1.165, 1.54) is 12.3 Å². The molecule has 1 fully saturated rings. The van der Waals surface area contributed by atoms with E-state index in [1.54, 1.807) is 23.2 Å². The fourth-order valence-electron chi connectivity index (χ4n) is 3.35. The number of aromatic nitrogens is 2. The molecule has 0 bridgehead atoms. The molecule has 164 valence electrons. The molecule has 1 saturated heterocycles. The molecule has 0 radical (unpaired) electrons. The summed E-state index contributed by atoms with van der Waals surface area (Å²) in [4.78, 5) is 34.8. The van der Waals surface area contributed by atoms with Gasteiger partial charge in [0.05, 0.1) is 11.4 Å². The van der Waals surface area contributed by atoms with Gasteiger partial charge in [-0.3, -0.25) is 4.98 Å². The number of rotatable bonds is 6. The van der Waals surface area contributed by atoms with Crippen LogP contribution in [-0.2, 0) is 6.61 Å². The average molecular weight is 434 g/mol. The summed E-state index contributed by atoms with van der Waals surface area (Å²) in [6, 6.07) is 15.8. The second kappa shape index (κ2) is 9.73. The van der Waals surface area contributed by atoms with Crippen LogP contribution in [-0.4, -0.2) is 52.0 Å². The number of nitrogens with one attached hydrogen (secondary N) is 1. The molecule has 1 N–H and O–H groups in total. The Morgan fingerprint density at radius 2 is 1.91 bits per heavy atom. The SMILES string of the molecule is O=C(Nc1cccc(OCc2ccccn2)c1)N1CCN(c2ccc([N+](=O)[O-])nc2)CC1. The first-order valence-electron chi connectivity index (χ1n) is 10.1. The highest BCUT2D eigenvalue weighted by Gasteiger charge is 2.22. The number of pyridine rings is 2. The Kier molecular flexibility index (Phi) is 6.40. The van der Waals surface area contributed by atoms with Gasteiger partial charge in [0, 0.05) is 50.2 Å². The average Bonchev–Trinajstić information content (AvgIpc) is 2.84. The van der Waals surface area contributed by atoms with Gasteiger partial charge in [0.15, 0.2) is 6.20 Å². The van der Waals surface area contributed by atoms with Crippen LogP contribution in [0.15, 0.2) is 67.0 Å². The molecular weight excluding hydrogens is 412 g/mol. The van der Waals surface area contributed by atoms with Crippen LogP contribution in [0.25, 0.3) is 0 Å². The van der Waals surface area contributed by atoms with Crippen molar-refractivity contribution in [3.05, 3.63) is 82.8 Å². The monoisotopic (exact) mass is 434 g/mol. The van der Waals surface area contributed by atoms with Crippen molar-refractivity contribution in [2.24, 2.45) is 0 Å². The van der Waals surface area contributed by atoms with Crippen molar-refractivity contribution in [1.29, 1.82) is 0 Å². The number of benzene rings is 1. The molecule has 0 aliphatic carbocycles. The lowest BCUT2D eigenvalue weighted by atomic mass is 10.2. The molecule has 2 amide bonds. The molecule has 0 spiro atoms. The Hall–Kier alpha value is -4.21. The van der Waals surface area contributed by atoms with E-state index >= 15 is 0 Å². The maximum absolute atomic E-state index is 12.7. The van der Waals surface area contributed by atoms with E-state index in [-0.39, 0.29) is 11.8 Å². The number of carbonyl (C=O) groups is 1. The van der Waals surface area contributed by atoms with Crippen molar-refractivity contribution in [2.45, 2.75) is 6.61 Å². The first kappa shape index (κ1) is 21.0. The van der Waals surface area contributed by atoms with Crippen molar-refractivity contribution in [3.8, 4) is 5.75 Å². The van der Waals surface area contributed by atoms with Gasteiger partial charge >= 0.3 is 11.8 Å². The summed E-state index contributed by atoms with van der Waals surface area (Å²) in [5.41, 5.74) is 2.27. The third-order valence-corrected chi connectivity index (χ3v) is 5.05. The van der Waals surface area contributed by atoms with E-state index in [1.807, 2.05) is 41.3 Å². The van der Waals surface area contributed by atoms with Gasteiger partial charge in [0.2, 0.25) is 0 Å². The van der Waals surface area contributed by atoms with Crippen molar-refractivity contribution >= 4 is 23.2 Å². The lowest BCUT2D eigenvalue weighted by Gasteiger charge is -2.35. The van der Waals surface area contributed by atoms with Gasteiger partial charge in [-0.1, -0.05) is 12.1 Å². The number of ether oxygens (including phenoxy) is 1. The number of urea groups is 1. The van der Waals surface area contributed by atoms with Gasteiger partial charge in [0.1, 0.15) is 12.4 Å². The normalized spacial score (nSPS) is 13.5. The molecular formula is C22H22N6O4. The van der Waals surface area contributed by atoms with E-state index in [9.17, 15) is 14.9 Å². The van der Waals surface area contributed by atoms with Crippen LogP contribution in [0.2, 0.25) is 0 Å². The quantitative estimate of drug-likeness (QED) is 0.468. The molecule has 1 aliphatic heterocycles. The Balaban J connectivity index is 1.29. The van der Waals surface area contributed by atoms with Crippen molar-refractivity contribution in [2.75, 3.05) is 36.4 Å². The van der Waals surface area contributed by atoms with Crippen molar-refractivity contribution < 1.29 is 14.5 Å². The maximum Gasteiger partial charge on any atom is 0.363 e. The number of nitro groups is 1. The zero-order chi connectivity index (χ0) is 22.3. The molecule has 32 heavy (non-hydrogen) atoms. The van der Waals surface area contributed by atoms with Gasteiger partial charge in [0.25, 0.3) is 0 Å². The smallest absolute Gasteiger partial charge is 0.363 e. The largest absolute Gasteiger partial charge is 0.487 e. The Bertz CT molecular complexity index is 1070. The molecule has 10 heteroatoms. The third kappa shape index (κ3) is 5.28. The minimum atomic E-state index is -0.523. The molecule has 0 saturated carbocycles. The Morgan fingerprint density at radius 3 is 2.59 bits per heavy atom. The number of carbonyl (C=O) groups excluding carboxylic acids is 1. The van der Waals surface area contributed by atoms with Crippen LogP contribution in [0.4, 0.5) is 22.0 Å². The molecule has 1 aromatic carbocycles. The summed E-state index contributed by atoms with van der Waals surface area (Å²) >= 11 is 0.